The lowest BCUT2D eigenvalue weighted by molar-refractivity contribution is 0.428. The van der Waals surface area contributed by atoms with Gasteiger partial charge in [-0.3, -0.25) is 9.67 Å². The SMILES string of the molecule is Cn1cc(-c2ccc(Cn3cc4ncccc4c3O)c(F)c2)cn1. The summed E-state index contributed by atoms with van der Waals surface area (Å²) < 4.78 is 17.8. The van der Waals surface area contributed by atoms with Crippen molar-refractivity contribution in [2.45, 2.75) is 6.54 Å². The summed E-state index contributed by atoms with van der Waals surface area (Å²) >= 11 is 0. The van der Waals surface area contributed by atoms with Crippen molar-refractivity contribution in [1.82, 2.24) is 19.3 Å². The first-order valence-electron chi connectivity index (χ1n) is 7.52. The van der Waals surface area contributed by atoms with Crippen LogP contribution in [0.3, 0.4) is 0 Å². The molecule has 0 fully saturated rings. The highest BCUT2D eigenvalue weighted by atomic mass is 19.1. The lowest BCUT2D eigenvalue weighted by Crippen LogP contribution is -2.00. The molecule has 0 unspecified atom stereocenters. The van der Waals surface area contributed by atoms with Gasteiger partial charge in [0.1, 0.15) is 5.82 Å². The Bertz CT molecular complexity index is 1030. The molecule has 1 N–H and O–H groups in total. The van der Waals surface area contributed by atoms with Gasteiger partial charge in [-0.05, 0) is 23.8 Å². The molecule has 1 aromatic carbocycles. The van der Waals surface area contributed by atoms with E-state index in [0.717, 1.165) is 11.1 Å². The van der Waals surface area contributed by atoms with E-state index in [1.807, 2.05) is 19.3 Å². The minimum absolute atomic E-state index is 0.0915. The molecule has 5 nitrogen and oxygen atoms in total. The zero-order valence-electron chi connectivity index (χ0n) is 13.0. The minimum Gasteiger partial charge on any atom is -0.494 e. The Morgan fingerprint density at radius 1 is 1.17 bits per heavy atom. The fraction of sp³-hybridized carbons (Fsp3) is 0.111. The van der Waals surface area contributed by atoms with Crippen LogP contribution in [0.1, 0.15) is 5.56 Å². The van der Waals surface area contributed by atoms with Crippen LogP contribution < -0.4 is 0 Å². The zero-order chi connectivity index (χ0) is 16.7. The third-order valence-electron chi connectivity index (χ3n) is 4.06. The normalized spacial score (nSPS) is 11.2. The number of benzene rings is 1. The zero-order valence-corrected chi connectivity index (χ0v) is 13.0. The first-order valence-corrected chi connectivity index (χ1v) is 7.52. The van der Waals surface area contributed by atoms with Crippen LogP contribution in [0.5, 0.6) is 5.88 Å². The van der Waals surface area contributed by atoms with Gasteiger partial charge in [0.15, 0.2) is 0 Å². The van der Waals surface area contributed by atoms with E-state index in [-0.39, 0.29) is 18.2 Å². The molecular formula is C18H15FN4O. The van der Waals surface area contributed by atoms with Gasteiger partial charge in [0.05, 0.1) is 23.6 Å². The van der Waals surface area contributed by atoms with Crippen LogP contribution in [0, 0.1) is 5.82 Å². The van der Waals surface area contributed by atoms with Gasteiger partial charge in [-0.25, -0.2) is 4.39 Å². The lowest BCUT2D eigenvalue weighted by Gasteiger charge is -2.08. The van der Waals surface area contributed by atoms with Crippen LogP contribution in [-0.2, 0) is 13.6 Å². The molecule has 0 bridgehead atoms. The first-order chi connectivity index (χ1) is 11.6. The molecule has 6 heteroatoms. The average molecular weight is 322 g/mol. The van der Waals surface area contributed by atoms with E-state index in [9.17, 15) is 9.50 Å². The number of halogens is 1. The van der Waals surface area contributed by atoms with E-state index in [1.165, 1.54) is 6.07 Å². The topological polar surface area (TPSA) is 55.9 Å². The highest BCUT2D eigenvalue weighted by Crippen LogP contribution is 2.27. The third-order valence-corrected chi connectivity index (χ3v) is 4.06. The molecule has 3 aromatic heterocycles. The Labute approximate surface area is 137 Å². The second kappa shape index (κ2) is 5.49. The van der Waals surface area contributed by atoms with E-state index in [4.69, 9.17) is 0 Å². The molecular weight excluding hydrogens is 307 g/mol. The van der Waals surface area contributed by atoms with Crippen LogP contribution in [-0.4, -0.2) is 24.4 Å². The number of aryl methyl sites for hydroxylation is 1. The first kappa shape index (κ1) is 14.4. The summed E-state index contributed by atoms with van der Waals surface area (Å²) in [6.07, 6.45) is 6.92. The Kier molecular flexibility index (Phi) is 3.30. The quantitative estimate of drug-likeness (QED) is 0.629. The second-order valence-corrected chi connectivity index (χ2v) is 5.73. The van der Waals surface area contributed by atoms with Gasteiger partial charge in [0.2, 0.25) is 5.88 Å². The van der Waals surface area contributed by atoms with E-state index in [1.54, 1.807) is 46.0 Å². The van der Waals surface area contributed by atoms with Crippen LogP contribution in [0.25, 0.3) is 22.0 Å². The Hall–Kier alpha value is -3.15. The van der Waals surface area contributed by atoms with Crippen LogP contribution in [0.15, 0.2) is 55.1 Å². The monoisotopic (exact) mass is 322 g/mol. The number of pyridine rings is 1. The summed E-state index contributed by atoms with van der Waals surface area (Å²) in [5.74, 6) is -0.227. The summed E-state index contributed by atoms with van der Waals surface area (Å²) in [7, 11) is 1.82. The molecule has 4 rings (SSSR count). The van der Waals surface area contributed by atoms with Crippen molar-refractivity contribution in [3.8, 4) is 17.0 Å². The third kappa shape index (κ3) is 2.42. The molecule has 0 atom stereocenters. The van der Waals surface area contributed by atoms with Crippen molar-refractivity contribution < 1.29 is 9.50 Å². The Morgan fingerprint density at radius 2 is 2.04 bits per heavy atom. The average Bonchev–Trinajstić information content (AvgIpc) is 3.14. The van der Waals surface area contributed by atoms with Crippen molar-refractivity contribution in [2.75, 3.05) is 0 Å². The fourth-order valence-corrected chi connectivity index (χ4v) is 2.80. The van der Waals surface area contributed by atoms with E-state index in [0.29, 0.717) is 16.5 Å². The molecule has 0 saturated heterocycles. The molecule has 0 radical (unpaired) electrons. The minimum atomic E-state index is -0.318. The summed E-state index contributed by atoms with van der Waals surface area (Å²) in [6, 6.07) is 8.62. The Balaban J connectivity index is 1.68. The van der Waals surface area contributed by atoms with Gasteiger partial charge in [0.25, 0.3) is 0 Å². The van der Waals surface area contributed by atoms with Crippen molar-refractivity contribution in [2.24, 2.45) is 7.05 Å². The molecule has 120 valence electrons. The van der Waals surface area contributed by atoms with Gasteiger partial charge >= 0.3 is 0 Å². The van der Waals surface area contributed by atoms with Crippen molar-refractivity contribution in [3.63, 3.8) is 0 Å². The van der Waals surface area contributed by atoms with Crippen LogP contribution in [0.4, 0.5) is 4.39 Å². The summed E-state index contributed by atoms with van der Waals surface area (Å²) in [6.45, 7) is 0.237. The van der Waals surface area contributed by atoms with Gasteiger partial charge in [0, 0.05) is 36.8 Å². The van der Waals surface area contributed by atoms with Crippen molar-refractivity contribution in [1.29, 1.82) is 0 Å². The molecule has 0 aliphatic heterocycles. The molecule has 4 aromatic rings. The lowest BCUT2D eigenvalue weighted by atomic mass is 10.1. The van der Waals surface area contributed by atoms with Gasteiger partial charge < -0.3 is 9.67 Å². The second-order valence-electron chi connectivity index (χ2n) is 5.73. The van der Waals surface area contributed by atoms with Crippen LogP contribution in [0.2, 0.25) is 0 Å². The molecule has 0 saturated carbocycles. The predicted molar refractivity (Wildman–Crippen MR) is 89.1 cm³/mol. The highest BCUT2D eigenvalue weighted by Gasteiger charge is 2.12. The molecule has 0 aliphatic rings. The van der Waals surface area contributed by atoms with Gasteiger partial charge in [-0.15, -0.1) is 0 Å². The molecule has 3 heterocycles. The summed E-state index contributed by atoms with van der Waals surface area (Å²) in [5.41, 5.74) is 2.82. The summed E-state index contributed by atoms with van der Waals surface area (Å²) in [4.78, 5) is 4.20. The number of hydrogen-bond acceptors (Lipinski definition) is 3. The molecule has 0 amide bonds. The highest BCUT2D eigenvalue weighted by molar-refractivity contribution is 5.84. The van der Waals surface area contributed by atoms with Crippen molar-refractivity contribution in [3.05, 3.63) is 66.5 Å². The number of rotatable bonds is 3. The smallest absolute Gasteiger partial charge is 0.201 e. The largest absolute Gasteiger partial charge is 0.494 e. The van der Waals surface area contributed by atoms with Crippen molar-refractivity contribution >= 4 is 10.9 Å². The maximum Gasteiger partial charge on any atom is 0.201 e. The van der Waals surface area contributed by atoms with Gasteiger partial charge in [-0.2, -0.15) is 5.10 Å². The van der Waals surface area contributed by atoms with E-state index >= 15 is 0 Å². The predicted octanol–water partition coefficient (Wildman–Crippen LogP) is 3.33. The number of hydrogen-bond donors (Lipinski definition) is 1. The summed E-state index contributed by atoms with van der Waals surface area (Å²) in [5, 5.41) is 15.0. The standard InChI is InChI=1S/C18H15FN4O/c1-22-9-14(8-21-22)12-4-5-13(16(19)7-12)10-23-11-17-15(18(23)24)3-2-6-20-17/h2-9,11,24H,10H2,1H3. The molecule has 24 heavy (non-hydrogen) atoms. The number of aromatic nitrogens is 4. The van der Waals surface area contributed by atoms with E-state index in [2.05, 4.69) is 10.1 Å². The number of nitrogens with zero attached hydrogens (tertiary/aromatic N) is 4. The Morgan fingerprint density at radius 3 is 2.75 bits per heavy atom. The maximum atomic E-state index is 14.5. The maximum absolute atomic E-state index is 14.5. The fourth-order valence-electron chi connectivity index (χ4n) is 2.80. The molecule has 0 aliphatic carbocycles. The van der Waals surface area contributed by atoms with Crippen LogP contribution >= 0.6 is 0 Å². The number of fused-ring (bicyclic) bond motifs is 1. The van der Waals surface area contributed by atoms with Gasteiger partial charge in [-0.1, -0.05) is 12.1 Å². The van der Waals surface area contributed by atoms with E-state index < -0.39 is 0 Å². The molecule has 0 spiro atoms. The number of aromatic hydroxyl groups is 1.